The number of esters is 1. The summed E-state index contributed by atoms with van der Waals surface area (Å²) in [5.41, 5.74) is -0.383. The topological polar surface area (TPSA) is 77.8 Å². The lowest BCUT2D eigenvalue weighted by molar-refractivity contribution is -0.135. The summed E-state index contributed by atoms with van der Waals surface area (Å²) in [4.78, 5) is 37.3. The van der Waals surface area contributed by atoms with Gasteiger partial charge in [0.2, 0.25) is 0 Å². The van der Waals surface area contributed by atoms with Gasteiger partial charge in [-0.05, 0) is 33.3 Å². The molecule has 2 aromatic rings. The Labute approximate surface area is 172 Å². The molecule has 1 aromatic carbocycles. The molecule has 0 saturated carbocycles. The van der Waals surface area contributed by atoms with Crippen molar-refractivity contribution < 1.29 is 32.6 Å². The normalized spacial score (nSPS) is 18.9. The van der Waals surface area contributed by atoms with Crippen LogP contribution in [0, 0.1) is 0 Å². The second kappa shape index (κ2) is 7.70. The molecule has 1 atom stereocenters. The summed E-state index contributed by atoms with van der Waals surface area (Å²) in [5, 5.41) is 0.387. The SMILES string of the molecule is COC(=O)C(=O)c1cn(C2CCN(C(=O)OC(C)(C)C)CC2(F)F)c2ccccc12. The number of nitrogens with zero attached hydrogens (tertiary/aromatic N) is 2. The molecular weight excluding hydrogens is 398 g/mol. The fourth-order valence-electron chi connectivity index (χ4n) is 3.60. The van der Waals surface area contributed by atoms with Crippen LogP contribution in [0.4, 0.5) is 13.6 Å². The van der Waals surface area contributed by atoms with E-state index in [1.54, 1.807) is 45.0 Å². The number of aromatic nitrogens is 1. The quantitative estimate of drug-likeness (QED) is 0.427. The molecule has 0 aliphatic carbocycles. The lowest BCUT2D eigenvalue weighted by Gasteiger charge is -2.39. The molecule has 7 nitrogen and oxygen atoms in total. The third kappa shape index (κ3) is 4.15. The monoisotopic (exact) mass is 422 g/mol. The van der Waals surface area contributed by atoms with E-state index in [0.717, 1.165) is 12.0 Å². The number of hydrogen-bond donors (Lipinski definition) is 0. The van der Waals surface area contributed by atoms with E-state index in [2.05, 4.69) is 4.74 Å². The van der Waals surface area contributed by atoms with Crippen LogP contribution in [0.5, 0.6) is 0 Å². The summed E-state index contributed by atoms with van der Waals surface area (Å²) < 4.78 is 41.2. The lowest BCUT2D eigenvalue weighted by atomic mass is 10.0. The number of carbonyl (C=O) groups excluding carboxylic acids is 3. The summed E-state index contributed by atoms with van der Waals surface area (Å²) in [6.45, 7) is 4.27. The van der Waals surface area contributed by atoms with Crippen LogP contribution in [0.15, 0.2) is 30.5 Å². The van der Waals surface area contributed by atoms with Crippen LogP contribution in [-0.4, -0.2) is 59.0 Å². The van der Waals surface area contributed by atoms with E-state index in [-0.39, 0.29) is 18.5 Å². The van der Waals surface area contributed by atoms with E-state index >= 15 is 8.78 Å². The zero-order chi connectivity index (χ0) is 22.3. The van der Waals surface area contributed by atoms with Gasteiger partial charge in [-0.15, -0.1) is 0 Å². The van der Waals surface area contributed by atoms with Crippen molar-refractivity contribution >= 4 is 28.7 Å². The van der Waals surface area contributed by atoms with Crippen LogP contribution >= 0.6 is 0 Å². The van der Waals surface area contributed by atoms with Gasteiger partial charge in [-0.25, -0.2) is 18.4 Å². The molecule has 0 N–H and O–H groups in total. The Bertz CT molecular complexity index is 993. The highest BCUT2D eigenvalue weighted by molar-refractivity contribution is 6.43. The van der Waals surface area contributed by atoms with Gasteiger partial charge >= 0.3 is 12.1 Å². The molecule has 30 heavy (non-hydrogen) atoms. The van der Waals surface area contributed by atoms with Crippen LogP contribution in [0.1, 0.15) is 43.6 Å². The first-order valence-electron chi connectivity index (χ1n) is 9.52. The van der Waals surface area contributed by atoms with E-state index in [4.69, 9.17) is 4.74 Å². The summed E-state index contributed by atoms with van der Waals surface area (Å²) >= 11 is 0. The van der Waals surface area contributed by atoms with Gasteiger partial charge in [0.15, 0.2) is 0 Å². The number of para-hydroxylation sites is 1. The maximum atomic E-state index is 15.1. The van der Waals surface area contributed by atoms with E-state index in [1.165, 1.54) is 10.8 Å². The van der Waals surface area contributed by atoms with Crippen molar-refractivity contribution in [3.63, 3.8) is 0 Å². The average molecular weight is 422 g/mol. The molecular formula is C21H24F2N2O5. The molecule has 1 aliphatic heterocycles. The van der Waals surface area contributed by atoms with Gasteiger partial charge in [0.05, 0.1) is 19.2 Å². The molecule has 1 aromatic heterocycles. The van der Waals surface area contributed by atoms with Crippen LogP contribution < -0.4 is 0 Å². The van der Waals surface area contributed by atoms with Crippen LogP contribution in [-0.2, 0) is 14.3 Å². The van der Waals surface area contributed by atoms with Crippen molar-refractivity contribution in [1.29, 1.82) is 0 Å². The predicted molar refractivity (Wildman–Crippen MR) is 105 cm³/mol. The maximum absolute atomic E-state index is 15.1. The number of halogens is 2. The largest absolute Gasteiger partial charge is 0.463 e. The van der Waals surface area contributed by atoms with Gasteiger partial charge in [-0.1, -0.05) is 18.2 Å². The molecule has 1 aliphatic rings. The van der Waals surface area contributed by atoms with Crippen molar-refractivity contribution in [1.82, 2.24) is 9.47 Å². The smallest absolute Gasteiger partial charge is 0.410 e. The zero-order valence-electron chi connectivity index (χ0n) is 17.3. The number of methoxy groups -OCH3 is 1. The summed E-state index contributed by atoms with van der Waals surface area (Å²) in [5.74, 6) is -5.24. The van der Waals surface area contributed by atoms with Crippen molar-refractivity contribution in [2.45, 2.75) is 44.8 Å². The number of ketones is 1. The molecule has 2 heterocycles. The number of likely N-dealkylation sites (tertiary alicyclic amines) is 1. The molecule has 1 unspecified atom stereocenters. The van der Waals surface area contributed by atoms with E-state index in [0.29, 0.717) is 10.9 Å². The predicted octanol–water partition coefficient (Wildman–Crippen LogP) is 3.81. The molecule has 1 amide bonds. The summed E-state index contributed by atoms with van der Waals surface area (Å²) in [7, 11) is 1.08. The summed E-state index contributed by atoms with van der Waals surface area (Å²) in [6, 6.07) is 5.24. The Morgan fingerprint density at radius 2 is 1.83 bits per heavy atom. The highest BCUT2D eigenvalue weighted by atomic mass is 19.3. The second-order valence-corrected chi connectivity index (χ2v) is 8.26. The van der Waals surface area contributed by atoms with Crippen LogP contribution in [0.25, 0.3) is 10.9 Å². The number of hydrogen-bond acceptors (Lipinski definition) is 5. The highest BCUT2D eigenvalue weighted by Gasteiger charge is 2.48. The fraction of sp³-hybridized carbons (Fsp3) is 0.476. The number of piperidine rings is 1. The van der Waals surface area contributed by atoms with Crippen molar-refractivity contribution in [3.8, 4) is 0 Å². The Morgan fingerprint density at radius 1 is 1.17 bits per heavy atom. The van der Waals surface area contributed by atoms with Gasteiger partial charge in [0, 0.05) is 23.6 Å². The van der Waals surface area contributed by atoms with Crippen LogP contribution in [0.3, 0.4) is 0 Å². The molecule has 1 fully saturated rings. The fourth-order valence-corrected chi connectivity index (χ4v) is 3.60. The molecule has 0 spiro atoms. The third-order valence-corrected chi connectivity index (χ3v) is 4.91. The standard InChI is InChI=1S/C21H24F2N2O5/c1-20(2,3)30-19(28)24-10-9-16(21(22,23)12-24)25-11-14(17(26)18(27)29-4)13-7-5-6-8-15(13)25/h5-8,11,16H,9-10,12H2,1-4H3. The van der Waals surface area contributed by atoms with Gasteiger partial charge in [-0.3, -0.25) is 4.79 Å². The number of benzene rings is 1. The first-order chi connectivity index (χ1) is 13.9. The van der Waals surface area contributed by atoms with Crippen LogP contribution in [0.2, 0.25) is 0 Å². The summed E-state index contributed by atoms with van der Waals surface area (Å²) in [6.07, 6.45) is 0.433. The average Bonchev–Trinajstić information content (AvgIpc) is 3.04. The highest BCUT2D eigenvalue weighted by Crippen LogP contribution is 2.40. The van der Waals surface area contributed by atoms with Gasteiger partial charge in [0.25, 0.3) is 11.7 Å². The molecule has 3 rings (SSSR count). The van der Waals surface area contributed by atoms with Gasteiger partial charge < -0.3 is 18.9 Å². The number of ether oxygens (including phenoxy) is 2. The van der Waals surface area contributed by atoms with Crippen molar-refractivity contribution in [3.05, 3.63) is 36.0 Å². The first kappa shape index (κ1) is 21.7. The molecule has 0 bridgehead atoms. The first-order valence-corrected chi connectivity index (χ1v) is 9.52. The molecule has 1 saturated heterocycles. The lowest BCUT2D eigenvalue weighted by Crippen LogP contribution is -2.52. The number of Topliss-reactive ketones (excluding diaryl/α,β-unsaturated/α-hetero) is 1. The molecule has 0 radical (unpaired) electrons. The van der Waals surface area contributed by atoms with Gasteiger partial charge in [0.1, 0.15) is 11.6 Å². The van der Waals surface area contributed by atoms with E-state index in [9.17, 15) is 14.4 Å². The van der Waals surface area contributed by atoms with E-state index in [1.807, 2.05) is 0 Å². The van der Waals surface area contributed by atoms with Crippen molar-refractivity contribution in [2.24, 2.45) is 0 Å². The number of carbonyl (C=O) groups is 3. The molecule has 9 heteroatoms. The number of fused-ring (bicyclic) bond motifs is 1. The maximum Gasteiger partial charge on any atom is 0.410 e. The number of rotatable bonds is 3. The third-order valence-electron chi connectivity index (χ3n) is 4.91. The Balaban J connectivity index is 1.94. The van der Waals surface area contributed by atoms with Gasteiger partial charge in [-0.2, -0.15) is 0 Å². The zero-order valence-corrected chi connectivity index (χ0v) is 17.3. The molecule has 162 valence electrons. The Morgan fingerprint density at radius 3 is 2.43 bits per heavy atom. The number of amides is 1. The number of alkyl halides is 2. The Kier molecular flexibility index (Phi) is 5.58. The minimum atomic E-state index is -3.28. The van der Waals surface area contributed by atoms with E-state index < -0.39 is 42.0 Å². The second-order valence-electron chi connectivity index (χ2n) is 8.26. The van der Waals surface area contributed by atoms with Crippen molar-refractivity contribution in [2.75, 3.05) is 20.2 Å². The minimum Gasteiger partial charge on any atom is -0.463 e. The Hall–Kier alpha value is -2.97. The minimum absolute atomic E-state index is 0.00261.